The summed E-state index contributed by atoms with van der Waals surface area (Å²) in [5.74, 6) is 0.894. The lowest BCUT2D eigenvalue weighted by atomic mass is 10.1. The van der Waals surface area contributed by atoms with Gasteiger partial charge in [-0.25, -0.2) is 4.68 Å². The molecule has 1 aromatic carbocycles. The highest BCUT2D eigenvalue weighted by atomic mass is 16.5. The van der Waals surface area contributed by atoms with E-state index >= 15 is 0 Å². The summed E-state index contributed by atoms with van der Waals surface area (Å²) in [6, 6.07) is 10.1. The average molecular weight is 353 g/mol. The Labute approximate surface area is 155 Å². The molecule has 1 aromatic heterocycles. The third kappa shape index (κ3) is 4.95. The molecule has 0 fully saturated rings. The number of aliphatic imine (C=N–C) groups is 1. The summed E-state index contributed by atoms with van der Waals surface area (Å²) in [6.07, 6.45) is 8.22. The molecule has 6 heteroatoms. The fourth-order valence-electron chi connectivity index (χ4n) is 3.02. The third-order valence-corrected chi connectivity index (χ3v) is 4.44. The maximum absolute atomic E-state index is 5.35. The number of rotatable bonds is 6. The third-order valence-electron chi connectivity index (χ3n) is 4.44. The van der Waals surface area contributed by atoms with Gasteiger partial charge >= 0.3 is 0 Å². The maximum Gasteiger partial charge on any atom is 0.193 e. The van der Waals surface area contributed by atoms with Crippen molar-refractivity contribution in [2.24, 2.45) is 4.99 Å². The Hall–Kier alpha value is -2.60. The van der Waals surface area contributed by atoms with Gasteiger partial charge in [-0.2, -0.15) is 5.10 Å². The van der Waals surface area contributed by atoms with Crippen LogP contribution >= 0.6 is 0 Å². The highest BCUT2D eigenvalue weighted by molar-refractivity contribution is 5.79. The van der Waals surface area contributed by atoms with Gasteiger partial charge in [-0.1, -0.05) is 29.8 Å². The van der Waals surface area contributed by atoms with Crippen LogP contribution in [-0.2, 0) is 11.3 Å². The minimum Gasteiger partial charge on any atom is -0.377 e. The van der Waals surface area contributed by atoms with E-state index < -0.39 is 0 Å². The average Bonchev–Trinajstić information content (AvgIpc) is 3.15. The van der Waals surface area contributed by atoms with Crippen molar-refractivity contribution >= 4 is 5.96 Å². The molecule has 2 heterocycles. The quantitative estimate of drug-likeness (QED) is 0.493. The van der Waals surface area contributed by atoms with Crippen molar-refractivity contribution in [3.05, 3.63) is 59.9 Å². The Morgan fingerprint density at radius 1 is 1.35 bits per heavy atom. The van der Waals surface area contributed by atoms with Crippen LogP contribution in [0.5, 0.6) is 0 Å². The van der Waals surface area contributed by atoms with Gasteiger partial charge < -0.3 is 15.0 Å². The van der Waals surface area contributed by atoms with E-state index in [2.05, 4.69) is 32.6 Å². The molecule has 0 aliphatic carbocycles. The van der Waals surface area contributed by atoms with Crippen LogP contribution in [-0.4, -0.2) is 54.5 Å². The van der Waals surface area contributed by atoms with Gasteiger partial charge in [-0.05, 0) is 25.0 Å². The zero-order valence-corrected chi connectivity index (χ0v) is 15.6. The van der Waals surface area contributed by atoms with E-state index in [1.807, 2.05) is 55.3 Å². The smallest absolute Gasteiger partial charge is 0.193 e. The molecule has 1 aliphatic rings. The first kappa shape index (κ1) is 18.2. The van der Waals surface area contributed by atoms with Crippen LogP contribution in [0.1, 0.15) is 18.4 Å². The monoisotopic (exact) mass is 353 g/mol. The lowest BCUT2D eigenvalue weighted by molar-refractivity contribution is 0.153. The summed E-state index contributed by atoms with van der Waals surface area (Å²) in [5.41, 5.74) is 3.67. The molecule has 0 bridgehead atoms. The molecule has 0 unspecified atom stereocenters. The van der Waals surface area contributed by atoms with Crippen LogP contribution in [0.3, 0.4) is 0 Å². The molecule has 26 heavy (non-hydrogen) atoms. The summed E-state index contributed by atoms with van der Waals surface area (Å²) >= 11 is 0. The van der Waals surface area contributed by atoms with Gasteiger partial charge in [0.2, 0.25) is 0 Å². The highest BCUT2D eigenvalue weighted by Gasteiger charge is 2.09. The van der Waals surface area contributed by atoms with Crippen molar-refractivity contribution < 1.29 is 4.74 Å². The molecule has 0 saturated carbocycles. The van der Waals surface area contributed by atoms with Crippen LogP contribution in [0, 0.1) is 0 Å². The Morgan fingerprint density at radius 3 is 2.92 bits per heavy atom. The van der Waals surface area contributed by atoms with Crippen molar-refractivity contribution in [2.45, 2.75) is 19.4 Å². The minimum absolute atomic E-state index is 0.745. The van der Waals surface area contributed by atoms with Crippen LogP contribution < -0.4 is 5.32 Å². The minimum atomic E-state index is 0.745. The normalized spacial score (nSPS) is 14.8. The molecule has 1 aliphatic heterocycles. The second-order valence-electron chi connectivity index (χ2n) is 6.40. The van der Waals surface area contributed by atoms with Crippen LogP contribution in [0.4, 0.5) is 0 Å². The number of para-hydroxylation sites is 1. The Kier molecular flexibility index (Phi) is 6.44. The fourth-order valence-corrected chi connectivity index (χ4v) is 3.02. The Morgan fingerprint density at radius 2 is 2.19 bits per heavy atom. The number of aromatic nitrogens is 2. The van der Waals surface area contributed by atoms with E-state index in [9.17, 15) is 0 Å². The largest absolute Gasteiger partial charge is 0.377 e. The molecular formula is C20H27N5O. The lowest BCUT2D eigenvalue weighted by Gasteiger charge is -2.22. The molecule has 2 aromatic rings. The van der Waals surface area contributed by atoms with Gasteiger partial charge in [0.05, 0.1) is 25.1 Å². The summed E-state index contributed by atoms with van der Waals surface area (Å²) in [5, 5.41) is 7.90. The van der Waals surface area contributed by atoms with Crippen LogP contribution in [0.15, 0.2) is 59.4 Å². The number of guanidine groups is 1. The predicted octanol–water partition coefficient (Wildman–Crippen LogP) is 2.62. The van der Waals surface area contributed by atoms with E-state index in [0.29, 0.717) is 0 Å². The van der Waals surface area contributed by atoms with Gasteiger partial charge in [0.25, 0.3) is 0 Å². The Bertz CT molecular complexity index is 751. The molecule has 0 radical (unpaired) electrons. The lowest BCUT2D eigenvalue weighted by Crippen LogP contribution is -2.39. The second kappa shape index (κ2) is 9.20. The van der Waals surface area contributed by atoms with Crippen LogP contribution in [0.25, 0.3) is 5.69 Å². The summed E-state index contributed by atoms with van der Waals surface area (Å²) in [7, 11) is 3.86. The number of benzene rings is 1. The number of nitrogens with zero attached hydrogens (tertiary/aromatic N) is 4. The van der Waals surface area contributed by atoms with E-state index in [0.717, 1.165) is 56.4 Å². The molecular weight excluding hydrogens is 326 g/mol. The van der Waals surface area contributed by atoms with Crippen LogP contribution in [0.2, 0.25) is 0 Å². The van der Waals surface area contributed by atoms with E-state index in [1.165, 1.54) is 5.57 Å². The fraction of sp³-hybridized carbons (Fsp3) is 0.400. The van der Waals surface area contributed by atoms with Crippen molar-refractivity contribution in [1.82, 2.24) is 20.0 Å². The molecule has 0 amide bonds. The second-order valence-corrected chi connectivity index (χ2v) is 6.40. The van der Waals surface area contributed by atoms with E-state index in [4.69, 9.17) is 4.74 Å². The number of nitrogens with one attached hydrogen (secondary N) is 1. The van der Waals surface area contributed by atoms with Crippen molar-refractivity contribution in [1.29, 1.82) is 0 Å². The molecule has 0 saturated heterocycles. The first-order valence-corrected chi connectivity index (χ1v) is 9.02. The van der Waals surface area contributed by atoms with Gasteiger partial charge in [0.15, 0.2) is 5.96 Å². The number of hydrogen-bond acceptors (Lipinski definition) is 3. The molecule has 6 nitrogen and oxygen atoms in total. The van der Waals surface area contributed by atoms with Crippen molar-refractivity contribution in [2.75, 3.05) is 33.9 Å². The molecule has 0 spiro atoms. The zero-order valence-electron chi connectivity index (χ0n) is 15.6. The first-order valence-electron chi connectivity index (χ1n) is 9.02. The molecule has 1 N–H and O–H groups in total. The summed E-state index contributed by atoms with van der Waals surface area (Å²) < 4.78 is 7.25. The predicted molar refractivity (Wildman–Crippen MR) is 105 cm³/mol. The SMILES string of the molecule is CN=C(NCCC1=CCOCC1)N(C)Cc1cnn(-c2ccccc2)c1. The first-order chi connectivity index (χ1) is 12.8. The van der Waals surface area contributed by atoms with Crippen molar-refractivity contribution in [3.8, 4) is 5.69 Å². The van der Waals surface area contributed by atoms with Gasteiger partial charge in [0, 0.05) is 38.9 Å². The molecule has 0 atom stereocenters. The molecule has 3 rings (SSSR count). The number of hydrogen-bond donors (Lipinski definition) is 1. The Balaban J connectivity index is 1.52. The van der Waals surface area contributed by atoms with Crippen molar-refractivity contribution in [3.63, 3.8) is 0 Å². The van der Waals surface area contributed by atoms with Gasteiger partial charge in [0.1, 0.15) is 0 Å². The van der Waals surface area contributed by atoms with Gasteiger partial charge in [-0.15, -0.1) is 0 Å². The molecule has 138 valence electrons. The summed E-state index contributed by atoms with van der Waals surface area (Å²) in [6.45, 7) is 3.22. The van der Waals surface area contributed by atoms with Gasteiger partial charge in [-0.3, -0.25) is 4.99 Å². The zero-order chi connectivity index (χ0) is 18.2. The standard InChI is InChI=1S/C20H27N5O/c1-21-20(22-11-8-17-9-12-26-13-10-17)24(2)15-18-14-23-25(16-18)19-6-4-3-5-7-19/h3-7,9,14,16H,8,10-13,15H2,1-2H3,(H,21,22). The maximum atomic E-state index is 5.35. The van der Waals surface area contributed by atoms with E-state index in [1.54, 1.807) is 0 Å². The topological polar surface area (TPSA) is 54.7 Å². The number of ether oxygens (including phenoxy) is 1. The van der Waals surface area contributed by atoms with E-state index in [-0.39, 0.29) is 0 Å². The highest BCUT2D eigenvalue weighted by Crippen LogP contribution is 2.11. The summed E-state index contributed by atoms with van der Waals surface area (Å²) in [4.78, 5) is 6.51.